The van der Waals surface area contributed by atoms with Gasteiger partial charge in [-0.25, -0.2) is 9.07 Å². The third kappa shape index (κ3) is 4.49. The van der Waals surface area contributed by atoms with Gasteiger partial charge in [0.15, 0.2) is 0 Å². The van der Waals surface area contributed by atoms with E-state index >= 15 is 0 Å². The van der Waals surface area contributed by atoms with Gasteiger partial charge in [-0.3, -0.25) is 9.59 Å². The van der Waals surface area contributed by atoms with E-state index in [0.29, 0.717) is 22.0 Å². The molecule has 6 nitrogen and oxygen atoms in total. The zero-order valence-electron chi connectivity index (χ0n) is 17.8. The Morgan fingerprint density at radius 1 is 1.03 bits per heavy atom. The van der Waals surface area contributed by atoms with Crippen LogP contribution in [0.2, 0.25) is 5.02 Å². The summed E-state index contributed by atoms with van der Waals surface area (Å²) < 4.78 is 20.9. The highest BCUT2D eigenvalue weighted by molar-refractivity contribution is 6.30. The Balaban J connectivity index is 1.96. The molecule has 166 valence electrons. The minimum atomic E-state index is -0.712. The van der Waals surface area contributed by atoms with Crippen LogP contribution in [0, 0.1) is 12.7 Å². The number of nitrogens with one attached hydrogen (secondary N) is 1. The molecular weight excluding hydrogens is 445 g/mol. The van der Waals surface area contributed by atoms with Gasteiger partial charge in [-0.2, -0.15) is 5.10 Å². The third-order valence-electron chi connectivity index (χ3n) is 5.05. The first-order valence-corrected chi connectivity index (χ1v) is 10.4. The zero-order valence-corrected chi connectivity index (χ0v) is 18.6. The molecule has 0 unspecified atom stereocenters. The number of methoxy groups -OCH3 is 1. The van der Waals surface area contributed by atoms with Crippen molar-refractivity contribution in [3.63, 3.8) is 0 Å². The number of aryl methyl sites for hydroxylation is 1. The first kappa shape index (κ1) is 22.2. The van der Waals surface area contributed by atoms with Gasteiger partial charge in [0.2, 0.25) is 5.43 Å². The summed E-state index contributed by atoms with van der Waals surface area (Å²) in [6.45, 7) is 1.59. The van der Waals surface area contributed by atoms with E-state index in [2.05, 4.69) is 10.4 Å². The summed E-state index contributed by atoms with van der Waals surface area (Å²) >= 11 is 6.03. The standard InChI is InChI=1S/C25H19ClFN3O3/c1-15-23(31)22(16-7-13-19(33-2)14-8-16)24(28-25(32)20-5-3-4-6-21(20)27)30(29-15)18-11-9-17(26)10-12-18/h3-14H,1-2H3,(H,28,32). The van der Waals surface area contributed by atoms with Gasteiger partial charge in [0.25, 0.3) is 5.91 Å². The second-order valence-corrected chi connectivity index (χ2v) is 7.63. The molecular formula is C25H19ClFN3O3. The van der Waals surface area contributed by atoms with E-state index in [-0.39, 0.29) is 28.1 Å². The second kappa shape index (κ2) is 9.26. The molecule has 0 radical (unpaired) electrons. The lowest BCUT2D eigenvalue weighted by atomic mass is 10.0. The van der Waals surface area contributed by atoms with E-state index in [1.165, 1.54) is 22.9 Å². The topological polar surface area (TPSA) is 73.2 Å². The molecule has 0 aliphatic heterocycles. The Morgan fingerprint density at radius 3 is 2.33 bits per heavy atom. The van der Waals surface area contributed by atoms with E-state index in [4.69, 9.17) is 16.3 Å². The lowest BCUT2D eigenvalue weighted by Gasteiger charge is -2.18. The fraction of sp³-hybridized carbons (Fsp3) is 0.0800. The number of rotatable bonds is 5. The predicted molar refractivity (Wildman–Crippen MR) is 126 cm³/mol. The van der Waals surface area contributed by atoms with E-state index in [1.54, 1.807) is 68.6 Å². The van der Waals surface area contributed by atoms with E-state index in [1.807, 2.05) is 0 Å². The van der Waals surface area contributed by atoms with Crippen LogP contribution in [-0.4, -0.2) is 22.8 Å². The molecule has 0 aliphatic carbocycles. The molecule has 0 aliphatic rings. The molecule has 1 amide bonds. The van der Waals surface area contributed by atoms with Gasteiger partial charge < -0.3 is 10.1 Å². The molecule has 0 saturated heterocycles. The lowest BCUT2D eigenvalue weighted by molar-refractivity contribution is 0.102. The van der Waals surface area contributed by atoms with Gasteiger partial charge in [-0.15, -0.1) is 0 Å². The molecule has 1 aromatic heterocycles. The minimum absolute atomic E-state index is 0.103. The van der Waals surface area contributed by atoms with Crippen molar-refractivity contribution in [1.82, 2.24) is 9.78 Å². The van der Waals surface area contributed by atoms with Gasteiger partial charge in [-0.1, -0.05) is 35.9 Å². The molecule has 33 heavy (non-hydrogen) atoms. The van der Waals surface area contributed by atoms with E-state index < -0.39 is 11.7 Å². The Labute approximate surface area is 194 Å². The SMILES string of the molecule is COc1ccc(-c2c(NC(=O)c3ccccc3F)n(-c3ccc(Cl)cc3)nc(C)c2=O)cc1. The molecule has 3 aromatic carbocycles. The van der Waals surface area contributed by atoms with Crippen molar-refractivity contribution in [2.75, 3.05) is 12.4 Å². The van der Waals surface area contributed by atoms with Crippen molar-refractivity contribution in [1.29, 1.82) is 0 Å². The van der Waals surface area contributed by atoms with Crippen LogP contribution < -0.4 is 15.5 Å². The second-order valence-electron chi connectivity index (χ2n) is 7.19. The van der Waals surface area contributed by atoms with Crippen LogP contribution in [0.1, 0.15) is 16.1 Å². The monoisotopic (exact) mass is 463 g/mol. The molecule has 4 aromatic rings. The smallest absolute Gasteiger partial charge is 0.259 e. The van der Waals surface area contributed by atoms with Crippen molar-refractivity contribution >= 4 is 23.3 Å². The number of carbonyl (C=O) groups is 1. The molecule has 0 atom stereocenters. The average Bonchev–Trinajstić information content (AvgIpc) is 2.82. The summed E-state index contributed by atoms with van der Waals surface area (Å²) in [5.41, 5.74) is 1.01. The number of anilines is 1. The van der Waals surface area contributed by atoms with Crippen LogP contribution in [-0.2, 0) is 0 Å². The Hall–Kier alpha value is -3.97. The molecule has 0 bridgehead atoms. The highest BCUT2D eigenvalue weighted by atomic mass is 35.5. The molecule has 0 fully saturated rings. The maximum absolute atomic E-state index is 14.3. The summed E-state index contributed by atoms with van der Waals surface area (Å²) in [7, 11) is 1.54. The fourth-order valence-corrected chi connectivity index (χ4v) is 3.50. The Morgan fingerprint density at radius 2 is 1.70 bits per heavy atom. The fourth-order valence-electron chi connectivity index (χ4n) is 3.37. The predicted octanol–water partition coefficient (Wildman–Crippen LogP) is 5.26. The Bertz CT molecular complexity index is 1380. The molecule has 0 saturated carbocycles. The van der Waals surface area contributed by atoms with Gasteiger partial charge in [0.05, 0.1) is 23.9 Å². The summed E-state index contributed by atoms with van der Waals surface area (Å²) in [5, 5.41) is 7.61. The van der Waals surface area contributed by atoms with Crippen molar-refractivity contribution in [2.24, 2.45) is 0 Å². The van der Waals surface area contributed by atoms with Gasteiger partial charge in [0, 0.05) is 5.02 Å². The Kier molecular flexibility index (Phi) is 6.24. The van der Waals surface area contributed by atoms with Crippen molar-refractivity contribution in [3.05, 3.63) is 105 Å². The summed E-state index contributed by atoms with van der Waals surface area (Å²) in [4.78, 5) is 26.2. The van der Waals surface area contributed by atoms with Gasteiger partial charge >= 0.3 is 0 Å². The minimum Gasteiger partial charge on any atom is -0.497 e. The van der Waals surface area contributed by atoms with E-state index in [9.17, 15) is 14.0 Å². The highest BCUT2D eigenvalue weighted by Gasteiger charge is 2.22. The number of carbonyl (C=O) groups excluding carboxylic acids is 1. The van der Waals surface area contributed by atoms with Gasteiger partial charge in [0.1, 0.15) is 23.1 Å². The summed E-state index contributed by atoms with van der Waals surface area (Å²) in [6.07, 6.45) is 0. The molecule has 4 rings (SSSR count). The van der Waals surface area contributed by atoms with Crippen LogP contribution in [0.3, 0.4) is 0 Å². The third-order valence-corrected chi connectivity index (χ3v) is 5.31. The molecule has 1 N–H and O–H groups in total. The van der Waals surface area contributed by atoms with Crippen molar-refractivity contribution in [2.45, 2.75) is 6.92 Å². The summed E-state index contributed by atoms with van der Waals surface area (Å²) in [6, 6.07) is 19.2. The maximum atomic E-state index is 14.3. The number of ether oxygens (including phenoxy) is 1. The van der Waals surface area contributed by atoms with Gasteiger partial charge in [-0.05, 0) is 61.0 Å². The number of amides is 1. The van der Waals surface area contributed by atoms with Crippen LogP contribution in [0.25, 0.3) is 16.8 Å². The number of hydrogen-bond acceptors (Lipinski definition) is 4. The lowest BCUT2D eigenvalue weighted by Crippen LogP contribution is -2.25. The first-order chi connectivity index (χ1) is 15.9. The van der Waals surface area contributed by atoms with Crippen molar-refractivity contribution < 1.29 is 13.9 Å². The van der Waals surface area contributed by atoms with Crippen LogP contribution >= 0.6 is 11.6 Å². The average molecular weight is 464 g/mol. The van der Waals surface area contributed by atoms with Crippen LogP contribution in [0.5, 0.6) is 5.75 Å². The number of nitrogens with zero attached hydrogens (tertiary/aromatic N) is 2. The van der Waals surface area contributed by atoms with Crippen molar-refractivity contribution in [3.8, 4) is 22.6 Å². The number of halogens is 2. The largest absolute Gasteiger partial charge is 0.497 e. The quantitative estimate of drug-likeness (QED) is 0.438. The normalized spacial score (nSPS) is 10.7. The summed E-state index contributed by atoms with van der Waals surface area (Å²) in [5.74, 6) is -0.678. The number of aromatic nitrogens is 2. The zero-order chi connectivity index (χ0) is 23.5. The van der Waals surface area contributed by atoms with E-state index in [0.717, 1.165) is 0 Å². The van der Waals surface area contributed by atoms with Crippen LogP contribution in [0.15, 0.2) is 77.6 Å². The maximum Gasteiger partial charge on any atom is 0.259 e. The molecule has 1 heterocycles. The highest BCUT2D eigenvalue weighted by Crippen LogP contribution is 2.29. The molecule has 0 spiro atoms. The van der Waals surface area contributed by atoms with Crippen LogP contribution in [0.4, 0.5) is 10.2 Å². The number of benzene rings is 3. The first-order valence-electron chi connectivity index (χ1n) is 9.99. The number of hydrogen-bond donors (Lipinski definition) is 1. The molecule has 8 heteroatoms.